The molecule has 3 rings (SSSR count). The number of halogens is 1. The molecule has 2 nitrogen and oxygen atoms in total. The largest absolute Gasteiger partial charge is 0.456 e. The van der Waals surface area contributed by atoms with Crippen LogP contribution in [-0.4, -0.2) is 25.5 Å². The van der Waals surface area contributed by atoms with Crippen LogP contribution in [0.2, 0.25) is 5.02 Å². The first-order chi connectivity index (χ1) is 10.6. The third-order valence-electron chi connectivity index (χ3n) is 3.29. The Hall–Kier alpha value is -2.21. The van der Waals surface area contributed by atoms with E-state index in [1.807, 2.05) is 61.5 Å². The minimum absolute atomic E-state index is 0.675. The van der Waals surface area contributed by atoms with Crippen LogP contribution in [0.4, 0.5) is 0 Å². The molecule has 3 heteroatoms. The van der Waals surface area contributed by atoms with Gasteiger partial charge in [0.2, 0.25) is 0 Å². The number of allylic oxidation sites excluding steroid dienone is 1. The zero-order valence-electron chi connectivity index (χ0n) is 12.6. The number of rotatable bonds is 1. The van der Waals surface area contributed by atoms with Crippen molar-refractivity contribution < 1.29 is 4.74 Å². The molecule has 0 aromatic heterocycles. The second-order valence-corrected chi connectivity index (χ2v) is 5.81. The van der Waals surface area contributed by atoms with E-state index in [-0.39, 0.29) is 0 Å². The van der Waals surface area contributed by atoms with Gasteiger partial charge in [-0.15, -0.1) is 0 Å². The van der Waals surface area contributed by atoms with E-state index >= 15 is 0 Å². The monoisotopic (exact) mass is 309 g/mol. The first-order valence-electron chi connectivity index (χ1n) is 7.05. The van der Waals surface area contributed by atoms with Crippen LogP contribution in [0.1, 0.15) is 11.1 Å². The Kier molecular flexibility index (Phi) is 4.20. The molecule has 1 heterocycles. The van der Waals surface area contributed by atoms with Gasteiger partial charge in [-0.3, -0.25) is 4.90 Å². The highest BCUT2D eigenvalue weighted by molar-refractivity contribution is 6.30. The lowest BCUT2D eigenvalue weighted by atomic mass is 10.0. The fourth-order valence-electron chi connectivity index (χ4n) is 2.24. The van der Waals surface area contributed by atoms with E-state index in [2.05, 4.69) is 17.9 Å². The van der Waals surface area contributed by atoms with Gasteiger partial charge in [-0.05, 0) is 44.4 Å². The van der Waals surface area contributed by atoms with Gasteiger partial charge in [0, 0.05) is 21.7 Å². The molecule has 22 heavy (non-hydrogen) atoms. The van der Waals surface area contributed by atoms with E-state index in [0.717, 1.165) is 28.2 Å². The number of fused-ring (bicyclic) bond motifs is 2. The van der Waals surface area contributed by atoms with Crippen molar-refractivity contribution in [3.05, 3.63) is 58.6 Å². The zero-order chi connectivity index (χ0) is 15.5. The molecular weight excluding hydrogens is 294 g/mol. The molecule has 0 N–H and O–H groups in total. The van der Waals surface area contributed by atoms with Gasteiger partial charge in [-0.2, -0.15) is 0 Å². The smallest absolute Gasteiger partial charge is 0.136 e. The second-order valence-electron chi connectivity index (χ2n) is 5.38. The summed E-state index contributed by atoms with van der Waals surface area (Å²) in [6.07, 6.45) is 2.06. The lowest BCUT2D eigenvalue weighted by molar-refractivity contribution is 0.464. The van der Waals surface area contributed by atoms with Gasteiger partial charge >= 0.3 is 0 Å². The van der Waals surface area contributed by atoms with Crippen molar-refractivity contribution in [3.8, 4) is 23.3 Å². The van der Waals surface area contributed by atoms with Gasteiger partial charge in [0.15, 0.2) is 0 Å². The van der Waals surface area contributed by atoms with E-state index in [1.165, 1.54) is 0 Å². The molecule has 2 aromatic carbocycles. The van der Waals surface area contributed by atoms with Gasteiger partial charge in [0.1, 0.15) is 11.5 Å². The lowest BCUT2D eigenvalue weighted by Crippen LogP contribution is -2.10. The molecule has 2 aromatic rings. The van der Waals surface area contributed by atoms with Crippen molar-refractivity contribution in [1.29, 1.82) is 0 Å². The summed E-state index contributed by atoms with van der Waals surface area (Å²) in [5, 5.41) is 0.675. The normalized spacial score (nSPS) is 12.3. The summed E-state index contributed by atoms with van der Waals surface area (Å²) in [5.41, 5.74) is 2.86. The topological polar surface area (TPSA) is 12.5 Å². The molecule has 0 bridgehead atoms. The van der Waals surface area contributed by atoms with Crippen LogP contribution in [0.5, 0.6) is 11.5 Å². The molecule has 0 amide bonds. The number of benzene rings is 2. The van der Waals surface area contributed by atoms with Gasteiger partial charge in [-0.1, -0.05) is 41.6 Å². The van der Waals surface area contributed by atoms with Crippen LogP contribution in [-0.2, 0) is 0 Å². The number of nitrogens with zero attached hydrogens (tertiary/aromatic N) is 1. The van der Waals surface area contributed by atoms with Crippen LogP contribution in [0, 0.1) is 11.8 Å². The Morgan fingerprint density at radius 3 is 2.73 bits per heavy atom. The molecule has 1 aliphatic heterocycles. The second kappa shape index (κ2) is 6.27. The van der Waals surface area contributed by atoms with Crippen LogP contribution in [0.3, 0.4) is 0 Å². The summed E-state index contributed by atoms with van der Waals surface area (Å²) in [6.45, 7) is 0.704. The molecule has 0 radical (unpaired) electrons. The van der Waals surface area contributed by atoms with Crippen molar-refractivity contribution in [2.75, 3.05) is 20.6 Å². The predicted octanol–water partition coefficient (Wildman–Crippen LogP) is 4.55. The van der Waals surface area contributed by atoms with E-state index in [1.54, 1.807) is 0 Å². The van der Waals surface area contributed by atoms with Crippen LogP contribution < -0.4 is 4.74 Å². The molecule has 0 aliphatic carbocycles. The third kappa shape index (κ3) is 3.17. The summed E-state index contributed by atoms with van der Waals surface area (Å²) < 4.78 is 6.03. The molecule has 0 saturated heterocycles. The maximum Gasteiger partial charge on any atom is 0.136 e. The summed E-state index contributed by atoms with van der Waals surface area (Å²) in [6, 6.07) is 13.6. The standard InChI is InChI=1S/C19H16ClNO/c1-21(2)11-5-7-14-12-15-6-3-4-8-18(15)22-19-10-9-16(20)13-17(14)19/h3-4,6,8-10,12-13H,11H2,1-2H3. The SMILES string of the molecule is CN(C)CC#CC1=Cc2ccccc2Oc2ccc(Cl)cc21. The van der Waals surface area contributed by atoms with Gasteiger partial charge in [0.05, 0.1) is 6.54 Å². The van der Waals surface area contributed by atoms with E-state index in [9.17, 15) is 0 Å². The third-order valence-corrected chi connectivity index (χ3v) is 3.52. The fraction of sp³-hybridized carbons (Fsp3) is 0.158. The molecule has 1 aliphatic rings. The highest BCUT2D eigenvalue weighted by Gasteiger charge is 2.15. The molecule has 0 unspecified atom stereocenters. The first-order valence-corrected chi connectivity index (χ1v) is 7.43. The van der Waals surface area contributed by atoms with Gasteiger partial charge in [-0.25, -0.2) is 0 Å². The molecule has 0 saturated carbocycles. The van der Waals surface area contributed by atoms with Gasteiger partial charge in [0.25, 0.3) is 0 Å². The average Bonchev–Trinajstić information content (AvgIpc) is 2.64. The number of ether oxygens (including phenoxy) is 1. The van der Waals surface area contributed by atoms with Crippen molar-refractivity contribution in [3.63, 3.8) is 0 Å². The van der Waals surface area contributed by atoms with Crippen molar-refractivity contribution in [2.24, 2.45) is 0 Å². The Labute approximate surface area is 136 Å². The molecular formula is C19H16ClNO. The van der Waals surface area contributed by atoms with Crippen LogP contribution >= 0.6 is 11.6 Å². The van der Waals surface area contributed by atoms with Gasteiger partial charge < -0.3 is 4.74 Å². The Bertz CT molecular complexity index is 797. The van der Waals surface area contributed by atoms with Crippen molar-refractivity contribution in [1.82, 2.24) is 4.90 Å². The number of hydrogen-bond donors (Lipinski definition) is 0. The minimum atomic E-state index is 0.675. The van der Waals surface area contributed by atoms with Crippen molar-refractivity contribution in [2.45, 2.75) is 0 Å². The Morgan fingerprint density at radius 1 is 1.09 bits per heavy atom. The Balaban J connectivity index is 2.13. The highest BCUT2D eigenvalue weighted by atomic mass is 35.5. The molecule has 110 valence electrons. The van der Waals surface area contributed by atoms with Crippen LogP contribution in [0.25, 0.3) is 11.6 Å². The molecule has 0 spiro atoms. The molecule has 0 fully saturated rings. The highest BCUT2D eigenvalue weighted by Crippen LogP contribution is 2.38. The summed E-state index contributed by atoms with van der Waals surface area (Å²) in [4.78, 5) is 2.04. The number of hydrogen-bond acceptors (Lipinski definition) is 2. The van der Waals surface area contributed by atoms with Crippen molar-refractivity contribution >= 4 is 23.3 Å². The minimum Gasteiger partial charge on any atom is -0.456 e. The predicted molar refractivity (Wildman–Crippen MR) is 92.2 cm³/mol. The maximum atomic E-state index is 6.15. The van der Waals surface area contributed by atoms with E-state index in [0.29, 0.717) is 11.6 Å². The van der Waals surface area contributed by atoms with E-state index < -0.39 is 0 Å². The van der Waals surface area contributed by atoms with Crippen LogP contribution in [0.15, 0.2) is 42.5 Å². The zero-order valence-corrected chi connectivity index (χ0v) is 13.3. The quantitative estimate of drug-likeness (QED) is 0.716. The lowest BCUT2D eigenvalue weighted by Gasteiger charge is -2.09. The summed E-state index contributed by atoms with van der Waals surface area (Å²) in [7, 11) is 4.00. The molecule has 0 atom stereocenters. The fourth-order valence-corrected chi connectivity index (χ4v) is 2.41. The average molecular weight is 310 g/mol. The summed E-state index contributed by atoms with van der Waals surface area (Å²) in [5.74, 6) is 8.04. The maximum absolute atomic E-state index is 6.15. The summed E-state index contributed by atoms with van der Waals surface area (Å²) >= 11 is 6.15. The van der Waals surface area contributed by atoms with E-state index in [4.69, 9.17) is 16.3 Å². The first kappa shape index (κ1) is 14.7. The number of para-hydroxylation sites is 1. The Morgan fingerprint density at radius 2 is 1.91 bits per heavy atom.